The fourth-order valence-corrected chi connectivity index (χ4v) is 2.20. The number of Topliss-reactive ketones (excluding diaryl/α,β-unsaturated/α-hetero) is 1. The maximum Gasteiger partial charge on any atom is 0.401 e. The van der Waals surface area contributed by atoms with Crippen LogP contribution in [0, 0.1) is 11.3 Å². The first kappa shape index (κ1) is 11.5. The summed E-state index contributed by atoms with van der Waals surface area (Å²) in [5.74, 6) is -1.17. The molecule has 0 aromatic carbocycles. The zero-order valence-corrected chi connectivity index (χ0v) is 8.45. The van der Waals surface area contributed by atoms with Gasteiger partial charge in [-0.1, -0.05) is 26.7 Å². The molecule has 82 valence electrons. The molecule has 0 aromatic rings. The minimum Gasteiger partial charge on any atom is -0.298 e. The van der Waals surface area contributed by atoms with Crippen molar-refractivity contribution < 1.29 is 18.0 Å². The Balaban J connectivity index is 2.99. The third-order valence-corrected chi connectivity index (χ3v) is 3.00. The third-order valence-electron chi connectivity index (χ3n) is 3.00. The normalized spacial score (nSPS) is 21.6. The van der Waals surface area contributed by atoms with E-state index < -0.39 is 23.3 Å². The largest absolute Gasteiger partial charge is 0.401 e. The van der Waals surface area contributed by atoms with Crippen LogP contribution in [0.3, 0.4) is 0 Å². The lowest BCUT2D eigenvalue weighted by molar-refractivity contribution is -0.220. The van der Waals surface area contributed by atoms with Crippen molar-refractivity contribution in [2.45, 2.75) is 45.7 Å². The molecule has 0 spiro atoms. The predicted molar refractivity (Wildman–Crippen MR) is 46.8 cm³/mol. The molecule has 0 radical (unpaired) electrons. The molecule has 4 heteroatoms. The second kappa shape index (κ2) is 3.55. The van der Waals surface area contributed by atoms with Gasteiger partial charge in [-0.3, -0.25) is 4.79 Å². The maximum atomic E-state index is 12.8. The number of hydrogen-bond acceptors (Lipinski definition) is 1. The first-order chi connectivity index (χ1) is 6.31. The molecular weight excluding hydrogens is 193 g/mol. The van der Waals surface area contributed by atoms with Gasteiger partial charge in [0, 0.05) is 5.92 Å². The van der Waals surface area contributed by atoms with Crippen LogP contribution in [0.2, 0.25) is 0 Å². The molecular formula is C10H15F3O. The smallest absolute Gasteiger partial charge is 0.298 e. The highest BCUT2D eigenvalue weighted by Crippen LogP contribution is 2.52. The lowest BCUT2D eigenvalue weighted by Crippen LogP contribution is -2.44. The second-order valence-electron chi connectivity index (χ2n) is 4.31. The zero-order chi connectivity index (χ0) is 11.0. The fourth-order valence-electron chi connectivity index (χ4n) is 2.20. The average Bonchev–Trinajstić information content (AvgIpc) is 2.50. The standard InChI is InChI=1S/C10H15F3O/c1-7(2)8(14)9(10(11,12)13)5-3-4-6-9/h7H,3-6H2,1-2H3. The number of ketones is 1. The number of hydrogen-bond donors (Lipinski definition) is 0. The van der Waals surface area contributed by atoms with Crippen molar-refractivity contribution in [3.63, 3.8) is 0 Å². The van der Waals surface area contributed by atoms with Crippen molar-refractivity contribution in [3.05, 3.63) is 0 Å². The quantitative estimate of drug-likeness (QED) is 0.680. The van der Waals surface area contributed by atoms with E-state index in [-0.39, 0.29) is 12.8 Å². The summed E-state index contributed by atoms with van der Waals surface area (Å²) in [4.78, 5) is 11.6. The Morgan fingerprint density at radius 3 is 1.93 bits per heavy atom. The minimum absolute atomic E-state index is 0.0203. The van der Waals surface area contributed by atoms with Gasteiger partial charge >= 0.3 is 6.18 Å². The molecule has 0 bridgehead atoms. The second-order valence-corrected chi connectivity index (χ2v) is 4.31. The molecule has 0 atom stereocenters. The molecule has 0 saturated heterocycles. The van der Waals surface area contributed by atoms with Crippen LogP contribution in [0.5, 0.6) is 0 Å². The number of carbonyl (C=O) groups is 1. The van der Waals surface area contributed by atoms with Crippen LogP contribution in [0.25, 0.3) is 0 Å². The summed E-state index contributed by atoms with van der Waals surface area (Å²) in [7, 11) is 0. The summed E-state index contributed by atoms with van der Waals surface area (Å²) in [6, 6.07) is 0. The number of carbonyl (C=O) groups excluding carboxylic acids is 1. The van der Waals surface area contributed by atoms with E-state index in [9.17, 15) is 18.0 Å². The number of alkyl halides is 3. The maximum absolute atomic E-state index is 12.8. The third kappa shape index (κ3) is 1.66. The van der Waals surface area contributed by atoms with Crippen LogP contribution in [0.4, 0.5) is 13.2 Å². The highest BCUT2D eigenvalue weighted by atomic mass is 19.4. The average molecular weight is 208 g/mol. The van der Waals surface area contributed by atoms with Gasteiger partial charge in [0.1, 0.15) is 5.41 Å². The lowest BCUT2D eigenvalue weighted by Gasteiger charge is -2.31. The first-order valence-electron chi connectivity index (χ1n) is 4.92. The molecule has 14 heavy (non-hydrogen) atoms. The Hall–Kier alpha value is -0.540. The Labute approximate surface area is 81.7 Å². The van der Waals surface area contributed by atoms with Gasteiger partial charge in [0.15, 0.2) is 5.78 Å². The van der Waals surface area contributed by atoms with Crippen molar-refractivity contribution in [1.82, 2.24) is 0 Å². The van der Waals surface area contributed by atoms with Crippen LogP contribution in [-0.4, -0.2) is 12.0 Å². The lowest BCUT2D eigenvalue weighted by atomic mass is 9.76. The molecule has 1 rings (SSSR count). The summed E-state index contributed by atoms with van der Waals surface area (Å²) in [5.41, 5.74) is -2.03. The topological polar surface area (TPSA) is 17.1 Å². The van der Waals surface area contributed by atoms with Gasteiger partial charge in [-0.2, -0.15) is 13.2 Å². The summed E-state index contributed by atoms with van der Waals surface area (Å²) >= 11 is 0. The van der Waals surface area contributed by atoms with E-state index in [4.69, 9.17) is 0 Å². The molecule has 1 fully saturated rings. The predicted octanol–water partition coefficient (Wildman–Crippen LogP) is 3.33. The van der Waals surface area contributed by atoms with Crippen LogP contribution in [0.15, 0.2) is 0 Å². The van der Waals surface area contributed by atoms with Crippen LogP contribution < -0.4 is 0 Å². The molecule has 0 aliphatic heterocycles. The number of rotatable bonds is 2. The van der Waals surface area contributed by atoms with E-state index in [1.165, 1.54) is 13.8 Å². The summed E-state index contributed by atoms with van der Waals surface area (Å²) < 4.78 is 38.4. The molecule has 1 aliphatic carbocycles. The number of halogens is 3. The van der Waals surface area contributed by atoms with Crippen LogP contribution >= 0.6 is 0 Å². The van der Waals surface area contributed by atoms with Gasteiger partial charge in [0.25, 0.3) is 0 Å². The highest BCUT2D eigenvalue weighted by Gasteiger charge is 2.60. The Kier molecular flexibility index (Phi) is 2.93. The van der Waals surface area contributed by atoms with Crippen molar-refractivity contribution in [2.24, 2.45) is 11.3 Å². The van der Waals surface area contributed by atoms with Gasteiger partial charge in [-0.05, 0) is 12.8 Å². The summed E-state index contributed by atoms with van der Waals surface area (Å²) in [5, 5.41) is 0. The summed E-state index contributed by atoms with van der Waals surface area (Å²) in [6.07, 6.45) is -3.39. The van der Waals surface area contributed by atoms with Crippen molar-refractivity contribution in [3.8, 4) is 0 Å². The van der Waals surface area contributed by atoms with Crippen LogP contribution in [0.1, 0.15) is 39.5 Å². The fraction of sp³-hybridized carbons (Fsp3) is 0.900. The van der Waals surface area contributed by atoms with Gasteiger partial charge in [0.2, 0.25) is 0 Å². The van der Waals surface area contributed by atoms with Gasteiger partial charge in [-0.15, -0.1) is 0 Å². The van der Waals surface area contributed by atoms with Gasteiger partial charge in [0.05, 0.1) is 0 Å². The first-order valence-corrected chi connectivity index (χ1v) is 4.92. The van der Waals surface area contributed by atoms with Gasteiger partial charge in [-0.25, -0.2) is 0 Å². The Bertz CT molecular complexity index is 224. The zero-order valence-electron chi connectivity index (χ0n) is 8.45. The highest BCUT2D eigenvalue weighted by molar-refractivity contribution is 5.87. The minimum atomic E-state index is -4.37. The van der Waals surface area contributed by atoms with Crippen molar-refractivity contribution in [2.75, 3.05) is 0 Å². The van der Waals surface area contributed by atoms with Crippen LogP contribution in [-0.2, 0) is 4.79 Å². The molecule has 0 unspecified atom stereocenters. The van der Waals surface area contributed by atoms with E-state index in [2.05, 4.69) is 0 Å². The Morgan fingerprint density at radius 1 is 1.21 bits per heavy atom. The molecule has 0 N–H and O–H groups in total. The van der Waals surface area contributed by atoms with Crippen molar-refractivity contribution in [1.29, 1.82) is 0 Å². The van der Waals surface area contributed by atoms with Crippen molar-refractivity contribution >= 4 is 5.78 Å². The van der Waals surface area contributed by atoms with E-state index >= 15 is 0 Å². The van der Waals surface area contributed by atoms with Gasteiger partial charge < -0.3 is 0 Å². The van der Waals surface area contributed by atoms with E-state index in [0.717, 1.165) is 0 Å². The monoisotopic (exact) mass is 208 g/mol. The molecule has 0 amide bonds. The van der Waals surface area contributed by atoms with E-state index in [0.29, 0.717) is 12.8 Å². The van der Waals surface area contributed by atoms with E-state index in [1.807, 2.05) is 0 Å². The van der Waals surface area contributed by atoms with E-state index in [1.54, 1.807) is 0 Å². The Morgan fingerprint density at radius 2 is 1.64 bits per heavy atom. The molecule has 0 aromatic heterocycles. The molecule has 0 heterocycles. The molecule has 1 saturated carbocycles. The SMILES string of the molecule is CC(C)C(=O)C1(C(F)(F)F)CCCC1. The molecule has 1 nitrogen and oxygen atoms in total. The summed E-state index contributed by atoms with van der Waals surface area (Å²) in [6.45, 7) is 3.07. The molecule has 1 aliphatic rings.